The maximum Gasteiger partial charge on any atom is 0.133 e. The van der Waals surface area contributed by atoms with E-state index in [1.54, 1.807) is 0 Å². The van der Waals surface area contributed by atoms with Crippen LogP contribution < -0.4 is 4.74 Å². The monoisotopic (exact) mass is 460 g/mol. The summed E-state index contributed by atoms with van der Waals surface area (Å²) in [6.07, 6.45) is 0. The molecule has 0 atom stereocenters. The zero-order valence-corrected chi connectivity index (χ0v) is 18.2. The summed E-state index contributed by atoms with van der Waals surface area (Å²) in [7, 11) is 0. The molecule has 5 aromatic carbocycles. The lowest BCUT2D eigenvalue weighted by molar-refractivity contribution is 0.437. The fourth-order valence-electron chi connectivity index (χ4n) is 5.57. The lowest BCUT2D eigenvalue weighted by Gasteiger charge is -2.39. The van der Waals surface area contributed by atoms with E-state index in [4.69, 9.17) is 4.74 Å². The second kappa shape index (κ2) is 6.09. The van der Waals surface area contributed by atoms with Gasteiger partial charge in [0.25, 0.3) is 0 Å². The molecule has 0 N–H and O–H groups in total. The normalized spacial score (nSPS) is 14.5. The van der Waals surface area contributed by atoms with E-state index in [0.29, 0.717) is 0 Å². The first-order valence-electron chi connectivity index (χ1n) is 10.5. The molecule has 31 heavy (non-hydrogen) atoms. The zero-order chi connectivity index (χ0) is 20.6. The number of ether oxygens (including phenoxy) is 1. The van der Waals surface area contributed by atoms with E-state index in [-0.39, 0.29) is 0 Å². The second-order valence-electron chi connectivity index (χ2n) is 8.28. The van der Waals surface area contributed by atoms with Gasteiger partial charge in [0, 0.05) is 15.6 Å². The van der Waals surface area contributed by atoms with Crippen LogP contribution in [0.4, 0.5) is 0 Å². The molecule has 1 heterocycles. The number of halogens is 1. The Morgan fingerprint density at radius 2 is 1.10 bits per heavy atom. The number of benzene rings is 5. The molecule has 0 saturated heterocycles. The minimum Gasteiger partial charge on any atom is -0.457 e. The number of rotatable bonds is 0. The van der Waals surface area contributed by atoms with Crippen LogP contribution in [-0.2, 0) is 5.41 Å². The molecule has 2 heteroatoms. The summed E-state index contributed by atoms with van der Waals surface area (Å²) in [6.45, 7) is 0. The molecule has 0 bridgehead atoms. The summed E-state index contributed by atoms with van der Waals surface area (Å²) in [4.78, 5) is 0. The minimum absolute atomic E-state index is 0.402. The summed E-state index contributed by atoms with van der Waals surface area (Å²) in [5, 5.41) is 2.42. The lowest BCUT2D eigenvalue weighted by Crippen LogP contribution is -2.32. The average Bonchev–Trinajstić information content (AvgIpc) is 3.09. The van der Waals surface area contributed by atoms with Crippen molar-refractivity contribution in [2.45, 2.75) is 5.41 Å². The van der Waals surface area contributed by atoms with Gasteiger partial charge in [-0.05, 0) is 57.3 Å². The van der Waals surface area contributed by atoms with Gasteiger partial charge >= 0.3 is 0 Å². The van der Waals surface area contributed by atoms with Crippen molar-refractivity contribution in [2.75, 3.05) is 0 Å². The van der Waals surface area contributed by atoms with Crippen molar-refractivity contribution in [3.8, 4) is 22.6 Å². The van der Waals surface area contributed by atoms with Crippen LogP contribution in [0.15, 0.2) is 108 Å². The van der Waals surface area contributed by atoms with Crippen LogP contribution in [0.3, 0.4) is 0 Å². The van der Waals surface area contributed by atoms with Crippen LogP contribution in [0.1, 0.15) is 22.3 Å². The molecule has 2 aliphatic rings. The Kier molecular flexibility index (Phi) is 3.40. The molecule has 1 spiro atoms. The van der Waals surface area contributed by atoms with Gasteiger partial charge in [-0.3, -0.25) is 0 Å². The molecule has 1 aliphatic carbocycles. The summed E-state index contributed by atoms with van der Waals surface area (Å²) in [6, 6.07) is 37.1. The number of fused-ring (bicyclic) bond motifs is 10. The van der Waals surface area contributed by atoms with E-state index >= 15 is 0 Å². The summed E-state index contributed by atoms with van der Waals surface area (Å²) >= 11 is 3.65. The molecule has 0 amide bonds. The smallest absolute Gasteiger partial charge is 0.133 e. The number of hydrogen-bond donors (Lipinski definition) is 0. The second-order valence-corrected chi connectivity index (χ2v) is 9.19. The average molecular weight is 461 g/mol. The topological polar surface area (TPSA) is 9.23 Å². The highest BCUT2D eigenvalue weighted by atomic mass is 79.9. The van der Waals surface area contributed by atoms with E-state index < -0.39 is 5.41 Å². The van der Waals surface area contributed by atoms with Crippen molar-refractivity contribution in [1.29, 1.82) is 0 Å². The molecule has 0 radical (unpaired) electrons. The van der Waals surface area contributed by atoms with Gasteiger partial charge in [-0.25, -0.2) is 0 Å². The van der Waals surface area contributed by atoms with Crippen LogP contribution in [0.5, 0.6) is 11.5 Å². The largest absolute Gasteiger partial charge is 0.457 e. The molecule has 146 valence electrons. The highest BCUT2D eigenvalue weighted by molar-refractivity contribution is 9.10. The molecule has 0 saturated carbocycles. The van der Waals surface area contributed by atoms with E-state index in [2.05, 4.69) is 119 Å². The van der Waals surface area contributed by atoms with Gasteiger partial charge in [0.15, 0.2) is 0 Å². The Bertz CT molecular complexity index is 1490. The summed E-state index contributed by atoms with van der Waals surface area (Å²) < 4.78 is 7.57. The van der Waals surface area contributed by atoms with Crippen molar-refractivity contribution in [3.05, 3.63) is 130 Å². The Morgan fingerprint density at radius 3 is 1.81 bits per heavy atom. The van der Waals surface area contributed by atoms with Crippen LogP contribution in [0, 0.1) is 0 Å². The van der Waals surface area contributed by atoms with Gasteiger partial charge in [0.1, 0.15) is 11.5 Å². The molecule has 0 fully saturated rings. The van der Waals surface area contributed by atoms with Gasteiger partial charge in [0.2, 0.25) is 0 Å². The van der Waals surface area contributed by atoms with E-state index in [9.17, 15) is 0 Å². The molecule has 0 unspecified atom stereocenters. The van der Waals surface area contributed by atoms with E-state index in [1.165, 1.54) is 44.2 Å². The van der Waals surface area contributed by atoms with E-state index in [1.807, 2.05) is 0 Å². The minimum atomic E-state index is -0.402. The fraction of sp³-hybridized carbons (Fsp3) is 0.0345. The standard InChI is InChI=1S/C29H17BrO/c30-20-13-14-25-28(17-20)31-27-16-19-8-2-1-7-18(19)15-26(27)29(25)23-11-5-3-9-21(23)22-10-4-6-12-24(22)29/h1-17H. The predicted octanol–water partition coefficient (Wildman–Crippen LogP) is 8.07. The SMILES string of the molecule is Brc1ccc2c(c1)Oc1cc3ccccc3cc1C21c2ccccc2-c2ccccc21. The highest BCUT2D eigenvalue weighted by Crippen LogP contribution is 2.62. The van der Waals surface area contributed by atoms with Crippen molar-refractivity contribution in [1.82, 2.24) is 0 Å². The Balaban J connectivity index is 1.71. The first kappa shape index (κ1) is 17.3. The molecule has 0 aromatic heterocycles. The molecule has 1 aliphatic heterocycles. The third kappa shape index (κ3) is 2.15. The Morgan fingerprint density at radius 1 is 0.516 bits per heavy atom. The first-order valence-corrected chi connectivity index (χ1v) is 11.3. The van der Waals surface area contributed by atoms with Gasteiger partial charge in [-0.1, -0.05) is 94.8 Å². The molecular weight excluding hydrogens is 444 g/mol. The van der Waals surface area contributed by atoms with Crippen LogP contribution in [0.25, 0.3) is 21.9 Å². The van der Waals surface area contributed by atoms with Crippen LogP contribution >= 0.6 is 15.9 Å². The van der Waals surface area contributed by atoms with Crippen LogP contribution in [0.2, 0.25) is 0 Å². The fourth-order valence-corrected chi connectivity index (χ4v) is 5.91. The van der Waals surface area contributed by atoms with E-state index in [0.717, 1.165) is 16.0 Å². The quantitative estimate of drug-likeness (QED) is 0.222. The first-order chi connectivity index (χ1) is 15.3. The molecule has 7 rings (SSSR count). The molecule has 1 nitrogen and oxygen atoms in total. The van der Waals surface area contributed by atoms with Gasteiger partial charge in [0.05, 0.1) is 5.41 Å². The summed E-state index contributed by atoms with van der Waals surface area (Å²) in [5.74, 6) is 1.83. The summed E-state index contributed by atoms with van der Waals surface area (Å²) in [5.41, 5.74) is 7.23. The van der Waals surface area contributed by atoms with Crippen molar-refractivity contribution < 1.29 is 4.74 Å². The molecule has 5 aromatic rings. The van der Waals surface area contributed by atoms with Gasteiger partial charge in [-0.15, -0.1) is 0 Å². The van der Waals surface area contributed by atoms with Crippen molar-refractivity contribution in [3.63, 3.8) is 0 Å². The Hall–Kier alpha value is -3.36. The number of hydrogen-bond acceptors (Lipinski definition) is 1. The lowest BCUT2D eigenvalue weighted by atomic mass is 9.66. The predicted molar refractivity (Wildman–Crippen MR) is 129 cm³/mol. The van der Waals surface area contributed by atoms with Crippen molar-refractivity contribution >= 4 is 26.7 Å². The van der Waals surface area contributed by atoms with Crippen LogP contribution in [-0.4, -0.2) is 0 Å². The maximum atomic E-state index is 6.55. The third-order valence-electron chi connectivity index (χ3n) is 6.77. The van der Waals surface area contributed by atoms with Crippen molar-refractivity contribution in [2.24, 2.45) is 0 Å². The third-order valence-corrected chi connectivity index (χ3v) is 7.27. The Labute approximate surface area is 189 Å². The highest BCUT2D eigenvalue weighted by Gasteiger charge is 2.51. The van der Waals surface area contributed by atoms with Gasteiger partial charge in [-0.2, -0.15) is 0 Å². The zero-order valence-electron chi connectivity index (χ0n) is 16.6. The molecular formula is C29H17BrO. The maximum absolute atomic E-state index is 6.55. The van der Waals surface area contributed by atoms with Gasteiger partial charge < -0.3 is 4.74 Å².